The van der Waals surface area contributed by atoms with Gasteiger partial charge in [-0.15, -0.1) is 0 Å². The van der Waals surface area contributed by atoms with E-state index >= 15 is 0 Å². The smallest absolute Gasteiger partial charge is 0.410 e. The molecule has 0 radical (unpaired) electrons. The summed E-state index contributed by atoms with van der Waals surface area (Å²) in [6.07, 6.45) is 4.08. The number of hydrogen-bond donors (Lipinski definition) is 1. The van der Waals surface area contributed by atoms with Crippen molar-refractivity contribution in [2.75, 3.05) is 11.9 Å². The summed E-state index contributed by atoms with van der Waals surface area (Å²) in [7, 11) is 0. The van der Waals surface area contributed by atoms with E-state index in [1.807, 2.05) is 36.4 Å². The molecule has 2 fully saturated rings. The Bertz CT molecular complexity index is 1700. The first-order chi connectivity index (χ1) is 21.9. The van der Waals surface area contributed by atoms with Crippen molar-refractivity contribution in [3.8, 4) is 0 Å². The minimum atomic E-state index is -0.637. The van der Waals surface area contributed by atoms with Crippen LogP contribution in [0.1, 0.15) is 34.8 Å². The fraction of sp³-hybridized carbons (Fsp3) is 0.206. The Kier molecular flexibility index (Phi) is 9.16. The summed E-state index contributed by atoms with van der Waals surface area (Å²) in [5, 5.41) is 2.78. The zero-order chi connectivity index (χ0) is 31.2. The molecule has 6 rings (SSSR count). The van der Waals surface area contributed by atoms with Crippen molar-refractivity contribution in [1.29, 1.82) is 0 Å². The molecule has 3 amide bonds. The quantitative estimate of drug-likeness (QED) is 0.242. The van der Waals surface area contributed by atoms with Gasteiger partial charge in [-0.25, -0.2) is 14.2 Å². The Morgan fingerprint density at radius 3 is 2.56 bits per heavy atom. The third-order valence-electron chi connectivity index (χ3n) is 7.52. The lowest BCUT2D eigenvalue weighted by Gasteiger charge is -2.23. The fourth-order valence-corrected chi connectivity index (χ4v) is 6.43. The van der Waals surface area contributed by atoms with Gasteiger partial charge in [0.1, 0.15) is 23.7 Å². The summed E-state index contributed by atoms with van der Waals surface area (Å²) >= 11 is 1.28. The molecule has 45 heavy (non-hydrogen) atoms. The van der Waals surface area contributed by atoms with Crippen LogP contribution in [-0.2, 0) is 27.5 Å². The molecule has 1 N–H and O–H groups in total. The molecule has 9 nitrogen and oxygen atoms in total. The molecule has 1 unspecified atom stereocenters. The van der Waals surface area contributed by atoms with Gasteiger partial charge in [0, 0.05) is 24.6 Å². The average Bonchev–Trinajstić information content (AvgIpc) is 3.67. The van der Waals surface area contributed by atoms with Crippen molar-refractivity contribution >= 4 is 46.2 Å². The van der Waals surface area contributed by atoms with Gasteiger partial charge in [-0.2, -0.15) is 0 Å². The first kappa shape index (κ1) is 30.0. The largest absolute Gasteiger partial charge is 0.445 e. The summed E-state index contributed by atoms with van der Waals surface area (Å²) in [6, 6.07) is 25.4. The highest BCUT2D eigenvalue weighted by molar-refractivity contribution is 8.15. The topological polar surface area (TPSA) is 104 Å². The number of aromatic nitrogens is 1. The first-order valence-corrected chi connectivity index (χ1v) is 15.4. The van der Waals surface area contributed by atoms with Crippen LogP contribution in [0.2, 0.25) is 0 Å². The van der Waals surface area contributed by atoms with Gasteiger partial charge in [0.15, 0.2) is 5.17 Å². The van der Waals surface area contributed by atoms with Crippen LogP contribution in [0.3, 0.4) is 0 Å². The van der Waals surface area contributed by atoms with Crippen LogP contribution in [0, 0.1) is 5.82 Å². The highest BCUT2D eigenvalue weighted by Gasteiger charge is 2.39. The molecular formula is C34H30FN5O4S. The predicted octanol–water partition coefficient (Wildman–Crippen LogP) is 6.46. The number of likely N-dealkylation sites (tertiary alicyclic amines) is 1. The highest BCUT2D eigenvalue weighted by atomic mass is 32.2. The Hall–Kier alpha value is -5.03. The average molecular weight is 624 g/mol. The lowest BCUT2D eigenvalue weighted by atomic mass is 10.1. The maximum atomic E-state index is 13.9. The van der Waals surface area contributed by atoms with Crippen molar-refractivity contribution in [3.63, 3.8) is 0 Å². The maximum Gasteiger partial charge on any atom is 0.410 e. The van der Waals surface area contributed by atoms with E-state index < -0.39 is 23.2 Å². The standard InChI is InChI=1S/C34H30FN5O4S/c35-26-10-4-11-28(19-26)38-33-40(21-24-9-5-17-36-20-24)32(42)30(45-33)25-13-15-27(16-14-25)37-31(41)29-12-6-18-39(29)34(43)44-22-23-7-2-1-3-8-23/h1-5,7-11,13-17,19-20,29-30H,6,12,18,21-22H2,(H,37,41)/t29-,30?/m0/s1. The summed E-state index contributed by atoms with van der Waals surface area (Å²) < 4.78 is 19.3. The summed E-state index contributed by atoms with van der Waals surface area (Å²) in [5.41, 5.74) is 3.39. The third-order valence-corrected chi connectivity index (χ3v) is 8.75. The van der Waals surface area contributed by atoms with Gasteiger partial charge >= 0.3 is 6.09 Å². The molecule has 228 valence electrons. The van der Waals surface area contributed by atoms with E-state index in [9.17, 15) is 18.8 Å². The van der Waals surface area contributed by atoms with Gasteiger partial charge in [0.05, 0.1) is 12.2 Å². The number of anilines is 1. The van der Waals surface area contributed by atoms with Crippen LogP contribution in [0.25, 0.3) is 0 Å². The number of pyridine rings is 1. The van der Waals surface area contributed by atoms with Crippen LogP contribution in [-0.4, -0.2) is 50.4 Å². The van der Waals surface area contributed by atoms with Gasteiger partial charge in [-0.3, -0.25) is 24.4 Å². The number of nitrogens with one attached hydrogen (secondary N) is 1. The van der Waals surface area contributed by atoms with Gasteiger partial charge in [-0.1, -0.05) is 66.4 Å². The molecule has 2 aliphatic heterocycles. The van der Waals surface area contributed by atoms with Gasteiger partial charge < -0.3 is 10.1 Å². The zero-order valence-electron chi connectivity index (χ0n) is 24.2. The molecular weight excluding hydrogens is 593 g/mol. The van der Waals surface area contributed by atoms with E-state index in [4.69, 9.17) is 4.74 Å². The molecule has 2 aliphatic rings. The van der Waals surface area contributed by atoms with E-state index in [-0.39, 0.29) is 25.0 Å². The number of ether oxygens (including phenoxy) is 1. The first-order valence-electron chi connectivity index (χ1n) is 14.5. The normalized spacial score (nSPS) is 18.8. The minimum absolute atomic E-state index is 0.137. The second kappa shape index (κ2) is 13.7. The molecule has 2 atom stereocenters. The molecule has 2 saturated heterocycles. The minimum Gasteiger partial charge on any atom is -0.445 e. The molecule has 0 spiro atoms. The Morgan fingerprint density at radius 2 is 1.80 bits per heavy atom. The van der Waals surface area contributed by atoms with E-state index in [0.717, 1.165) is 16.7 Å². The second-order valence-electron chi connectivity index (χ2n) is 10.7. The van der Waals surface area contributed by atoms with Crippen LogP contribution in [0.4, 0.5) is 20.6 Å². The van der Waals surface area contributed by atoms with Crippen LogP contribution in [0.15, 0.2) is 108 Å². The number of thioether (sulfide) groups is 1. The molecule has 0 bridgehead atoms. The van der Waals surface area contributed by atoms with Crippen molar-refractivity contribution in [1.82, 2.24) is 14.8 Å². The lowest BCUT2D eigenvalue weighted by molar-refractivity contribution is -0.126. The molecule has 0 aliphatic carbocycles. The number of benzene rings is 3. The predicted molar refractivity (Wildman–Crippen MR) is 170 cm³/mol. The number of amides is 3. The Balaban J connectivity index is 1.13. The Labute approximate surface area is 264 Å². The van der Waals surface area contributed by atoms with Crippen LogP contribution >= 0.6 is 11.8 Å². The van der Waals surface area contributed by atoms with Crippen LogP contribution in [0.5, 0.6) is 0 Å². The fourth-order valence-electron chi connectivity index (χ4n) is 5.26. The number of hydrogen-bond acceptors (Lipinski definition) is 7. The number of nitrogens with zero attached hydrogens (tertiary/aromatic N) is 4. The monoisotopic (exact) mass is 623 g/mol. The van der Waals surface area contributed by atoms with E-state index in [1.165, 1.54) is 28.8 Å². The van der Waals surface area contributed by atoms with E-state index in [0.29, 0.717) is 35.9 Å². The van der Waals surface area contributed by atoms with Crippen molar-refractivity contribution in [2.45, 2.75) is 37.3 Å². The zero-order valence-corrected chi connectivity index (χ0v) is 25.0. The number of carbonyl (C=O) groups excluding carboxylic acids is 3. The van der Waals surface area contributed by atoms with Gasteiger partial charge in [0.25, 0.3) is 0 Å². The van der Waals surface area contributed by atoms with Crippen molar-refractivity contribution in [3.05, 3.63) is 126 Å². The number of rotatable bonds is 8. The number of amidine groups is 1. The molecule has 11 heteroatoms. The molecule has 1 aromatic heterocycles. The molecule has 0 saturated carbocycles. The molecule has 3 aromatic carbocycles. The number of halogens is 1. The highest BCUT2D eigenvalue weighted by Crippen LogP contribution is 2.41. The Morgan fingerprint density at radius 1 is 1.00 bits per heavy atom. The van der Waals surface area contributed by atoms with Gasteiger partial charge in [-0.05, 0) is 65.9 Å². The summed E-state index contributed by atoms with van der Waals surface area (Å²) in [5.74, 6) is -0.870. The van der Waals surface area contributed by atoms with E-state index in [1.54, 1.807) is 59.8 Å². The second-order valence-corrected chi connectivity index (χ2v) is 11.7. The summed E-state index contributed by atoms with van der Waals surface area (Å²) in [4.78, 5) is 51.4. The summed E-state index contributed by atoms with van der Waals surface area (Å²) in [6.45, 7) is 0.850. The number of carbonyl (C=O) groups is 3. The maximum absolute atomic E-state index is 13.9. The van der Waals surface area contributed by atoms with Crippen molar-refractivity contribution < 1.29 is 23.5 Å². The molecule has 4 aromatic rings. The van der Waals surface area contributed by atoms with E-state index in [2.05, 4.69) is 15.3 Å². The van der Waals surface area contributed by atoms with Crippen LogP contribution < -0.4 is 5.32 Å². The number of aliphatic imine (C=N–C) groups is 1. The molecule has 3 heterocycles. The van der Waals surface area contributed by atoms with Crippen molar-refractivity contribution in [2.24, 2.45) is 4.99 Å². The third kappa shape index (κ3) is 7.21. The van der Waals surface area contributed by atoms with Gasteiger partial charge in [0.2, 0.25) is 11.8 Å². The SMILES string of the molecule is O=C(Nc1ccc(C2SC(=Nc3cccc(F)c3)N(Cc3cccnc3)C2=O)cc1)[C@@H]1CCCN1C(=O)OCc1ccccc1. The lowest BCUT2D eigenvalue weighted by Crippen LogP contribution is -2.43.